The third-order valence-electron chi connectivity index (χ3n) is 3.28. The van der Waals surface area contributed by atoms with Crippen molar-refractivity contribution in [3.8, 4) is 0 Å². The van der Waals surface area contributed by atoms with E-state index in [9.17, 15) is 9.00 Å². The van der Waals surface area contributed by atoms with Crippen LogP contribution in [0.2, 0.25) is 0 Å². The molecule has 0 fully saturated rings. The van der Waals surface area contributed by atoms with E-state index in [4.69, 9.17) is 0 Å². The Morgan fingerprint density at radius 2 is 1.81 bits per heavy atom. The van der Waals surface area contributed by atoms with Crippen LogP contribution >= 0.6 is 0 Å². The van der Waals surface area contributed by atoms with Crippen molar-refractivity contribution in [2.24, 2.45) is 5.92 Å². The zero-order chi connectivity index (χ0) is 16.0. The number of nitrogens with one attached hydrogen (secondary N) is 1. The SMILES string of the molecule is CC(=O)C[C@H](C)C[C@H](NS(=O)C(C)(C)C)c1ccccc1. The molecule has 0 aromatic heterocycles. The van der Waals surface area contributed by atoms with Gasteiger partial charge in [0.05, 0.1) is 15.7 Å². The fourth-order valence-corrected chi connectivity index (χ4v) is 3.06. The van der Waals surface area contributed by atoms with E-state index < -0.39 is 11.0 Å². The summed E-state index contributed by atoms with van der Waals surface area (Å²) in [6.45, 7) is 9.55. The molecule has 1 rings (SSSR count). The summed E-state index contributed by atoms with van der Waals surface area (Å²) in [5, 5.41) is 0. The molecule has 1 N–H and O–H groups in total. The molecule has 0 spiro atoms. The largest absolute Gasteiger partial charge is 0.300 e. The summed E-state index contributed by atoms with van der Waals surface area (Å²) in [6.07, 6.45) is 1.36. The molecule has 0 saturated heterocycles. The van der Waals surface area contributed by atoms with Crippen LogP contribution in [0.25, 0.3) is 0 Å². The van der Waals surface area contributed by atoms with Crippen LogP contribution in [0.5, 0.6) is 0 Å². The molecule has 0 saturated carbocycles. The maximum Gasteiger partial charge on any atom is 0.130 e. The number of Topliss-reactive ketones (excluding diaryl/α,β-unsaturated/α-hetero) is 1. The summed E-state index contributed by atoms with van der Waals surface area (Å²) in [7, 11) is -1.13. The lowest BCUT2D eigenvalue weighted by Gasteiger charge is -2.26. The summed E-state index contributed by atoms with van der Waals surface area (Å²) in [5.41, 5.74) is 1.12. The van der Waals surface area contributed by atoms with Gasteiger partial charge in [-0.2, -0.15) is 0 Å². The molecule has 1 aromatic carbocycles. The number of hydrogen-bond acceptors (Lipinski definition) is 2. The number of carbonyl (C=O) groups is 1. The van der Waals surface area contributed by atoms with Crippen LogP contribution in [0.3, 0.4) is 0 Å². The first-order valence-corrected chi connectivity index (χ1v) is 8.57. The lowest BCUT2D eigenvalue weighted by atomic mass is 9.93. The van der Waals surface area contributed by atoms with Gasteiger partial charge in [-0.05, 0) is 45.6 Å². The molecule has 4 heteroatoms. The summed E-state index contributed by atoms with van der Waals surface area (Å²) < 4.78 is 15.3. The Hall–Kier alpha value is -1.00. The molecule has 1 aromatic rings. The number of ketones is 1. The summed E-state index contributed by atoms with van der Waals surface area (Å²) >= 11 is 0. The Kier molecular flexibility index (Phi) is 6.75. The first-order chi connectivity index (χ1) is 9.70. The number of benzene rings is 1. The predicted molar refractivity (Wildman–Crippen MR) is 89.3 cm³/mol. The Morgan fingerprint density at radius 1 is 1.24 bits per heavy atom. The van der Waals surface area contributed by atoms with E-state index in [-0.39, 0.29) is 22.5 Å². The van der Waals surface area contributed by atoms with Gasteiger partial charge in [0.2, 0.25) is 0 Å². The molecular formula is C17H27NO2S. The predicted octanol–water partition coefficient (Wildman–Crippen LogP) is 3.78. The van der Waals surface area contributed by atoms with Crippen molar-refractivity contribution in [3.05, 3.63) is 35.9 Å². The minimum atomic E-state index is -1.13. The third-order valence-corrected chi connectivity index (χ3v) is 4.89. The number of rotatable bonds is 7. The van der Waals surface area contributed by atoms with E-state index in [2.05, 4.69) is 11.6 Å². The highest BCUT2D eigenvalue weighted by molar-refractivity contribution is 7.84. The van der Waals surface area contributed by atoms with Crippen LogP contribution in [-0.4, -0.2) is 14.7 Å². The standard InChI is InChI=1S/C17H27NO2S/c1-13(11-14(2)19)12-16(15-9-7-6-8-10-15)18-21(20)17(3,4)5/h6-10,13,16,18H,11-12H2,1-5H3/t13-,16-,21?/m0/s1. The van der Waals surface area contributed by atoms with Gasteiger partial charge in [-0.1, -0.05) is 37.3 Å². The first kappa shape index (κ1) is 18.1. The van der Waals surface area contributed by atoms with E-state index >= 15 is 0 Å². The Balaban J connectivity index is 2.86. The minimum absolute atomic E-state index is 0.000563. The van der Waals surface area contributed by atoms with Crippen LogP contribution in [-0.2, 0) is 15.8 Å². The summed E-state index contributed by atoms with van der Waals surface area (Å²) in [6, 6.07) is 10.0. The van der Waals surface area contributed by atoms with Crippen molar-refractivity contribution in [1.82, 2.24) is 4.72 Å². The van der Waals surface area contributed by atoms with E-state index in [0.717, 1.165) is 12.0 Å². The molecule has 3 atom stereocenters. The van der Waals surface area contributed by atoms with Gasteiger partial charge >= 0.3 is 0 Å². The van der Waals surface area contributed by atoms with Crippen molar-refractivity contribution in [3.63, 3.8) is 0 Å². The molecule has 0 aliphatic carbocycles. The molecule has 0 bridgehead atoms. The van der Waals surface area contributed by atoms with Crippen molar-refractivity contribution in [2.45, 2.75) is 58.2 Å². The number of carbonyl (C=O) groups excluding carboxylic acids is 1. The average molecular weight is 309 g/mol. The molecule has 118 valence electrons. The van der Waals surface area contributed by atoms with Crippen LogP contribution in [0.4, 0.5) is 0 Å². The smallest absolute Gasteiger partial charge is 0.130 e. The fraction of sp³-hybridized carbons (Fsp3) is 0.588. The summed E-state index contributed by atoms with van der Waals surface area (Å²) in [5.74, 6) is 0.462. The molecular weight excluding hydrogens is 282 g/mol. The second-order valence-electron chi connectivity index (χ2n) is 6.71. The molecule has 0 heterocycles. The highest BCUT2D eigenvalue weighted by atomic mass is 32.2. The lowest BCUT2D eigenvalue weighted by molar-refractivity contribution is -0.117. The van der Waals surface area contributed by atoms with Crippen LogP contribution in [0, 0.1) is 5.92 Å². The van der Waals surface area contributed by atoms with Crippen LogP contribution < -0.4 is 4.72 Å². The highest BCUT2D eigenvalue weighted by Crippen LogP contribution is 2.25. The molecule has 21 heavy (non-hydrogen) atoms. The van der Waals surface area contributed by atoms with Gasteiger partial charge < -0.3 is 4.79 Å². The second kappa shape index (κ2) is 7.85. The number of hydrogen-bond donors (Lipinski definition) is 1. The topological polar surface area (TPSA) is 46.2 Å². The maximum atomic E-state index is 12.4. The van der Waals surface area contributed by atoms with Gasteiger partial charge in [-0.15, -0.1) is 0 Å². The normalized spacial score (nSPS) is 16.2. The van der Waals surface area contributed by atoms with Crippen molar-refractivity contribution < 1.29 is 9.00 Å². The van der Waals surface area contributed by atoms with Crippen LogP contribution in [0.1, 0.15) is 59.1 Å². The minimum Gasteiger partial charge on any atom is -0.300 e. The molecule has 0 aliphatic heterocycles. The lowest BCUT2D eigenvalue weighted by Crippen LogP contribution is -2.36. The van der Waals surface area contributed by atoms with Crippen molar-refractivity contribution in [1.29, 1.82) is 0 Å². The van der Waals surface area contributed by atoms with Crippen molar-refractivity contribution >= 4 is 16.8 Å². The van der Waals surface area contributed by atoms with E-state index in [1.54, 1.807) is 6.92 Å². The Bertz CT molecular complexity index is 479. The molecule has 0 aliphatic rings. The molecule has 0 amide bonds. The van der Waals surface area contributed by atoms with E-state index in [0.29, 0.717) is 6.42 Å². The van der Waals surface area contributed by atoms with Crippen molar-refractivity contribution in [2.75, 3.05) is 0 Å². The van der Waals surface area contributed by atoms with Gasteiger partial charge in [-0.25, -0.2) is 8.93 Å². The van der Waals surface area contributed by atoms with Gasteiger partial charge in [-0.3, -0.25) is 0 Å². The van der Waals surface area contributed by atoms with E-state index in [1.165, 1.54) is 0 Å². The Labute approximate surface area is 131 Å². The van der Waals surface area contributed by atoms with Gasteiger partial charge in [0.15, 0.2) is 0 Å². The quantitative estimate of drug-likeness (QED) is 0.833. The van der Waals surface area contributed by atoms with Gasteiger partial charge in [0.25, 0.3) is 0 Å². The summed E-state index contributed by atoms with van der Waals surface area (Å²) in [4.78, 5) is 11.3. The van der Waals surface area contributed by atoms with Gasteiger partial charge in [0.1, 0.15) is 5.78 Å². The van der Waals surface area contributed by atoms with Gasteiger partial charge in [0, 0.05) is 12.5 Å². The molecule has 0 radical (unpaired) electrons. The molecule has 3 nitrogen and oxygen atoms in total. The maximum absolute atomic E-state index is 12.4. The molecule has 1 unspecified atom stereocenters. The Morgan fingerprint density at radius 3 is 2.29 bits per heavy atom. The monoisotopic (exact) mass is 309 g/mol. The average Bonchev–Trinajstić information content (AvgIpc) is 2.36. The third kappa shape index (κ3) is 6.53. The first-order valence-electron chi connectivity index (χ1n) is 7.42. The van der Waals surface area contributed by atoms with Crippen LogP contribution in [0.15, 0.2) is 30.3 Å². The zero-order valence-electron chi connectivity index (χ0n) is 13.7. The fourth-order valence-electron chi connectivity index (χ4n) is 2.22. The van der Waals surface area contributed by atoms with E-state index in [1.807, 2.05) is 51.1 Å². The zero-order valence-corrected chi connectivity index (χ0v) is 14.5. The second-order valence-corrected chi connectivity index (χ2v) is 8.71. The highest BCUT2D eigenvalue weighted by Gasteiger charge is 2.24.